The quantitative estimate of drug-likeness (QED) is 0.665. The molecular formula is C16H16O2S2. The van der Waals surface area contributed by atoms with E-state index in [9.17, 15) is 0 Å². The summed E-state index contributed by atoms with van der Waals surface area (Å²) in [5, 5.41) is 0. The van der Waals surface area contributed by atoms with Gasteiger partial charge in [-0.2, -0.15) is 0 Å². The van der Waals surface area contributed by atoms with E-state index in [1.54, 1.807) is 0 Å². The number of aryl methyl sites for hydroxylation is 2. The van der Waals surface area contributed by atoms with E-state index in [2.05, 4.69) is 24.3 Å². The minimum Gasteiger partial charge on any atom is -0.426 e. The molecule has 104 valence electrons. The molecule has 0 aromatic heterocycles. The van der Waals surface area contributed by atoms with Gasteiger partial charge in [0, 0.05) is 11.5 Å². The smallest absolute Gasteiger partial charge is 0.140 e. The minimum absolute atomic E-state index is 1.04. The van der Waals surface area contributed by atoms with Gasteiger partial charge in [0.15, 0.2) is 0 Å². The lowest BCUT2D eigenvalue weighted by Gasteiger charge is -2.13. The summed E-state index contributed by atoms with van der Waals surface area (Å²) in [6.45, 7) is 0. The second kappa shape index (κ2) is 6.95. The number of rotatable bonds is 0. The van der Waals surface area contributed by atoms with Crippen LogP contribution in [0.2, 0.25) is 0 Å². The average molecular weight is 304 g/mol. The van der Waals surface area contributed by atoms with Crippen molar-refractivity contribution in [1.29, 1.82) is 0 Å². The van der Waals surface area contributed by atoms with E-state index in [1.165, 1.54) is 35.2 Å². The summed E-state index contributed by atoms with van der Waals surface area (Å²) in [7, 11) is 0. The molecule has 2 aliphatic rings. The first kappa shape index (κ1) is 13.7. The Morgan fingerprint density at radius 2 is 1.10 bits per heavy atom. The maximum Gasteiger partial charge on any atom is 0.140 e. The van der Waals surface area contributed by atoms with Gasteiger partial charge in [-0.3, -0.25) is 0 Å². The SMILES string of the molecule is c1ccc2c(c1)CCSO2.c1ccc2c(c1)CCSO2. The topological polar surface area (TPSA) is 18.5 Å². The largest absolute Gasteiger partial charge is 0.426 e. The second-order valence-corrected chi connectivity index (χ2v) is 6.15. The Morgan fingerprint density at radius 3 is 1.55 bits per heavy atom. The van der Waals surface area contributed by atoms with Crippen molar-refractivity contribution in [1.82, 2.24) is 0 Å². The molecule has 2 aromatic carbocycles. The Labute approximate surface area is 128 Å². The highest BCUT2D eigenvalue weighted by Crippen LogP contribution is 2.28. The van der Waals surface area contributed by atoms with E-state index in [0.717, 1.165) is 35.8 Å². The van der Waals surface area contributed by atoms with Gasteiger partial charge in [-0.1, -0.05) is 36.4 Å². The lowest BCUT2D eigenvalue weighted by molar-refractivity contribution is 0.621. The van der Waals surface area contributed by atoms with Crippen molar-refractivity contribution < 1.29 is 8.37 Å². The van der Waals surface area contributed by atoms with Gasteiger partial charge in [-0.25, -0.2) is 0 Å². The highest BCUT2D eigenvalue weighted by Gasteiger charge is 2.09. The third-order valence-corrected chi connectivity index (χ3v) is 4.49. The van der Waals surface area contributed by atoms with Gasteiger partial charge >= 0.3 is 0 Å². The zero-order chi connectivity index (χ0) is 13.6. The van der Waals surface area contributed by atoms with Crippen molar-refractivity contribution in [3.05, 3.63) is 59.7 Å². The molecule has 0 amide bonds. The second-order valence-electron chi connectivity index (χ2n) is 4.53. The van der Waals surface area contributed by atoms with Crippen LogP contribution < -0.4 is 8.37 Å². The molecule has 4 heteroatoms. The average Bonchev–Trinajstić information content (AvgIpc) is 2.56. The van der Waals surface area contributed by atoms with Crippen LogP contribution in [-0.2, 0) is 12.8 Å². The number of para-hydroxylation sites is 2. The first-order valence-corrected chi connectivity index (χ1v) is 8.50. The van der Waals surface area contributed by atoms with Crippen LogP contribution in [0.3, 0.4) is 0 Å². The molecule has 0 saturated carbocycles. The van der Waals surface area contributed by atoms with Crippen molar-refractivity contribution in [2.75, 3.05) is 11.5 Å². The Morgan fingerprint density at radius 1 is 0.650 bits per heavy atom. The van der Waals surface area contributed by atoms with E-state index in [4.69, 9.17) is 8.37 Å². The molecule has 0 bridgehead atoms. The first-order valence-electron chi connectivity index (χ1n) is 6.68. The molecule has 0 atom stereocenters. The predicted octanol–water partition coefficient (Wildman–Crippen LogP) is 4.54. The lowest BCUT2D eigenvalue weighted by Crippen LogP contribution is -2.00. The minimum atomic E-state index is 1.04. The molecule has 2 aromatic rings. The molecule has 2 aliphatic heterocycles. The maximum absolute atomic E-state index is 5.34. The van der Waals surface area contributed by atoms with Crippen LogP contribution in [0.15, 0.2) is 48.5 Å². The van der Waals surface area contributed by atoms with Crippen molar-refractivity contribution in [2.24, 2.45) is 0 Å². The summed E-state index contributed by atoms with van der Waals surface area (Å²) >= 11 is 3.08. The van der Waals surface area contributed by atoms with Gasteiger partial charge < -0.3 is 8.37 Å². The molecule has 0 spiro atoms. The number of fused-ring (bicyclic) bond motifs is 2. The predicted molar refractivity (Wildman–Crippen MR) is 86.5 cm³/mol. The summed E-state index contributed by atoms with van der Waals surface area (Å²) in [5.41, 5.74) is 2.67. The normalized spacial score (nSPS) is 15.6. The van der Waals surface area contributed by atoms with Crippen LogP contribution in [0.1, 0.15) is 11.1 Å². The number of hydrogen-bond acceptors (Lipinski definition) is 4. The summed E-state index contributed by atoms with van der Waals surface area (Å²) < 4.78 is 10.7. The van der Waals surface area contributed by atoms with Crippen LogP contribution in [0, 0.1) is 0 Å². The highest BCUT2D eigenvalue weighted by molar-refractivity contribution is 7.95. The molecule has 2 heterocycles. The van der Waals surface area contributed by atoms with Gasteiger partial charge in [-0.05, 0) is 36.1 Å². The van der Waals surface area contributed by atoms with Gasteiger partial charge in [0.25, 0.3) is 0 Å². The van der Waals surface area contributed by atoms with Crippen LogP contribution in [-0.4, -0.2) is 11.5 Å². The lowest BCUT2D eigenvalue weighted by atomic mass is 10.1. The molecule has 0 radical (unpaired) electrons. The Kier molecular flexibility index (Phi) is 4.77. The number of benzene rings is 2. The van der Waals surface area contributed by atoms with E-state index in [1.807, 2.05) is 24.3 Å². The van der Waals surface area contributed by atoms with Gasteiger partial charge in [0.2, 0.25) is 0 Å². The molecular weight excluding hydrogens is 288 g/mol. The molecule has 0 N–H and O–H groups in total. The van der Waals surface area contributed by atoms with Gasteiger partial charge in [-0.15, -0.1) is 0 Å². The van der Waals surface area contributed by atoms with E-state index >= 15 is 0 Å². The molecule has 4 rings (SSSR count). The van der Waals surface area contributed by atoms with E-state index in [-0.39, 0.29) is 0 Å². The van der Waals surface area contributed by atoms with Crippen molar-refractivity contribution >= 4 is 24.1 Å². The monoisotopic (exact) mass is 304 g/mol. The zero-order valence-corrected chi connectivity index (χ0v) is 12.7. The standard InChI is InChI=1S/2C8H8OS/c2*1-2-4-8-7(3-1)5-6-10-9-8/h2*1-4H,5-6H2. The summed E-state index contributed by atoms with van der Waals surface area (Å²) in [5.74, 6) is 4.24. The van der Waals surface area contributed by atoms with Crippen LogP contribution >= 0.6 is 24.1 Å². The van der Waals surface area contributed by atoms with E-state index < -0.39 is 0 Å². The number of hydrogen-bond donors (Lipinski definition) is 0. The Bertz CT molecular complexity index is 470. The third kappa shape index (κ3) is 3.44. The molecule has 20 heavy (non-hydrogen) atoms. The molecule has 2 nitrogen and oxygen atoms in total. The summed E-state index contributed by atoms with van der Waals surface area (Å²) in [4.78, 5) is 0. The zero-order valence-electron chi connectivity index (χ0n) is 11.1. The molecule has 0 fully saturated rings. The third-order valence-electron chi connectivity index (χ3n) is 3.15. The van der Waals surface area contributed by atoms with Crippen LogP contribution in [0.4, 0.5) is 0 Å². The van der Waals surface area contributed by atoms with Crippen molar-refractivity contribution in [2.45, 2.75) is 12.8 Å². The fourth-order valence-electron chi connectivity index (χ4n) is 2.10. The molecule has 0 saturated heterocycles. The van der Waals surface area contributed by atoms with Gasteiger partial charge in [0.1, 0.15) is 11.5 Å². The first-order chi connectivity index (χ1) is 9.93. The van der Waals surface area contributed by atoms with Gasteiger partial charge in [0.05, 0.1) is 24.1 Å². The fraction of sp³-hybridized carbons (Fsp3) is 0.250. The maximum atomic E-state index is 5.34. The van der Waals surface area contributed by atoms with Crippen LogP contribution in [0.5, 0.6) is 11.5 Å². The molecule has 0 unspecified atom stereocenters. The van der Waals surface area contributed by atoms with Crippen LogP contribution in [0.25, 0.3) is 0 Å². The Balaban J connectivity index is 0.000000121. The fourth-order valence-corrected chi connectivity index (χ4v) is 3.45. The van der Waals surface area contributed by atoms with Crippen molar-refractivity contribution in [3.8, 4) is 11.5 Å². The Hall–Kier alpha value is -1.26. The van der Waals surface area contributed by atoms with E-state index in [0.29, 0.717) is 0 Å². The summed E-state index contributed by atoms with van der Waals surface area (Å²) in [6.07, 6.45) is 2.28. The molecule has 0 aliphatic carbocycles. The summed E-state index contributed by atoms with van der Waals surface area (Å²) in [6, 6.07) is 16.4. The van der Waals surface area contributed by atoms with Crippen molar-refractivity contribution in [3.63, 3.8) is 0 Å². The highest BCUT2D eigenvalue weighted by atomic mass is 32.2.